The molecule has 19 heavy (non-hydrogen) atoms. The van der Waals surface area contributed by atoms with E-state index in [0.29, 0.717) is 0 Å². The maximum atomic E-state index is 5.86. The number of para-hydroxylation sites is 1. The lowest BCUT2D eigenvalue weighted by Crippen LogP contribution is -2.29. The minimum Gasteiger partial charge on any atom is -0.493 e. The van der Waals surface area contributed by atoms with E-state index in [1.807, 2.05) is 12.4 Å². The molecule has 2 heterocycles. The lowest BCUT2D eigenvalue weighted by molar-refractivity contribution is 0.283. The molecule has 0 aliphatic carbocycles. The Kier molecular flexibility index (Phi) is 3.50. The molecule has 1 aliphatic rings. The molecule has 0 amide bonds. The van der Waals surface area contributed by atoms with Gasteiger partial charge in [-0.2, -0.15) is 0 Å². The Balaban J connectivity index is 2.07. The van der Waals surface area contributed by atoms with Crippen LogP contribution in [0.3, 0.4) is 0 Å². The Morgan fingerprint density at radius 1 is 1.47 bits per heavy atom. The molecule has 2 aromatic rings. The molecule has 1 aromatic carbocycles. The summed E-state index contributed by atoms with van der Waals surface area (Å²) in [6, 6.07) is 6.23. The Bertz CT molecular complexity index is 582. The first-order valence-electron chi connectivity index (χ1n) is 6.42. The number of thiazole rings is 1. The molecule has 0 fully saturated rings. The standard InChI is InChI=1S/C14H17N3OS/c1-9-14(19-8-16-9)12(17-15)11-6-2-4-10-5-3-7-18-13(10)11/h2,4,6,8,12,17H,3,5,7,15H2,1H3. The van der Waals surface area contributed by atoms with Crippen molar-refractivity contribution in [2.45, 2.75) is 25.8 Å². The zero-order valence-corrected chi connectivity index (χ0v) is 11.7. The van der Waals surface area contributed by atoms with Crippen LogP contribution in [0.25, 0.3) is 0 Å². The fourth-order valence-corrected chi connectivity index (χ4v) is 3.42. The van der Waals surface area contributed by atoms with E-state index in [1.165, 1.54) is 5.56 Å². The van der Waals surface area contributed by atoms with Crippen molar-refractivity contribution in [3.05, 3.63) is 45.4 Å². The van der Waals surface area contributed by atoms with Gasteiger partial charge < -0.3 is 4.74 Å². The Labute approximate surface area is 116 Å². The lowest BCUT2D eigenvalue weighted by Gasteiger charge is -2.24. The van der Waals surface area contributed by atoms with Gasteiger partial charge in [0.1, 0.15) is 5.75 Å². The van der Waals surface area contributed by atoms with Gasteiger partial charge in [0.15, 0.2) is 0 Å². The van der Waals surface area contributed by atoms with Crippen molar-refractivity contribution in [2.24, 2.45) is 5.84 Å². The van der Waals surface area contributed by atoms with E-state index < -0.39 is 0 Å². The molecule has 1 unspecified atom stereocenters. The molecule has 0 radical (unpaired) electrons. The smallest absolute Gasteiger partial charge is 0.127 e. The topological polar surface area (TPSA) is 60.2 Å². The van der Waals surface area contributed by atoms with Crippen LogP contribution in [-0.4, -0.2) is 11.6 Å². The monoisotopic (exact) mass is 275 g/mol. The molecule has 4 nitrogen and oxygen atoms in total. The first-order valence-corrected chi connectivity index (χ1v) is 7.30. The summed E-state index contributed by atoms with van der Waals surface area (Å²) in [6.45, 7) is 2.79. The summed E-state index contributed by atoms with van der Waals surface area (Å²) >= 11 is 1.62. The van der Waals surface area contributed by atoms with E-state index in [-0.39, 0.29) is 6.04 Å². The number of fused-ring (bicyclic) bond motifs is 1. The van der Waals surface area contributed by atoms with Gasteiger partial charge in [-0.05, 0) is 25.3 Å². The van der Waals surface area contributed by atoms with E-state index >= 15 is 0 Å². The molecule has 0 spiro atoms. The molecule has 3 rings (SSSR count). The SMILES string of the molecule is Cc1ncsc1C(NN)c1cccc2c1OCCC2. The van der Waals surface area contributed by atoms with Crippen LogP contribution in [-0.2, 0) is 6.42 Å². The number of ether oxygens (including phenoxy) is 1. The number of hydrogen-bond acceptors (Lipinski definition) is 5. The quantitative estimate of drug-likeness (QED) is 0.666. The molecule has 1 atom stereocenters. The summed E-state index contributed by atoms with van der Waals surface area (Å²) in [6.07, 6.45) is 2.15. The van der Waals surface area contributed by atoms with E-state index in [0.717, 1.165) is 41.3 Å². The summed E-state index contributed by atoms with van der Waals surface area (Å²) in [5.74, 6) is 6.76. The van der Waals surface area contributed by atoms with Crippen LogP contribution < -0.4 is 16.0 Å². The third-order valence-corrected chi connectivity index (χ3v) is 4.48. The molecule has 0 saturated heterocycles. The van der Waals surface area contributed by atoms with Crippen LogP contribution in [0.4, 0.5) is 0 Å². The van der Waals surface area contributed by atoms with Gasteiger partial charge in [-0.3, -0.25) is 5.84 Å². The third-order valence-electron chi connectivity index (χ3n) is 3.49. The van der Waals surface area contributed by atoms with E-state index in [1.54, 1.807) is 11.3 Å². The van der Waals surface area contributed by atoms with Gasteiger partial charge >= 0.3 is 0 Å². The first-order chi connectivity index (χ1) is 9.31. The molecular formula is C14H17N3OS. The molecule has 0 bridgehead atoms. The minimum absolute atomic E-state index is 0.0550. The minimum atomic E-state index is -0.0550. The first kappa shape index (κ1) is 12.6. The summed E-state index contributed by atoms with van der Waals surface area (Å²) in [7, 11) is 0. The highest BCUT2D eigenvalue weighted by Gasteiger charge is 2.23. The normalized spacial score (nSPS) is 15.7. The second-order valence-electron chi connectivity index (χ2n) is 4.69. The molecular weight excluding hydrogens is 258 g/mol. The van der Waals surface area contributed by atoms with Gasteiger partial charge in [-0.25, -0.2) is 10.4 Å². The summed E-state index contributed by atoms with van der Waals surface area (Å²) < 4.78 is 5.86. The zero-order chi connectivity index (χ0) is 13.2. The maximum Gasteiger partial charge on any atom is 0.127 e. The predicted molar refractivity (Wildman–Crippen MR) is 76.3 cm³/mol. The van der Waals surface area contributed by atoms with E-state index in [9.17, 15) is 0 Å². The van der Waals surface area contributed by atoms with Crippen molar-refractivity contribution < 1.29 is 4.74 Å². The van der Waals surface area contributed by atoms with Gasteiger partial charge in [-0.1, -0.05) is 18.2 Å². The number of aryl methyl sites for hydroxylation is 2. The van der Waals surface area contributed by atoms with Crippen LogP contribution in [0, 0.1) is 6.92 Å². The summed E-state index contributed by atoms with van der Waals surface area (Å²) in [4.78, 5) is 5.45. The number of benzene rings is 1. The third kappa shape index (κ3) is 2.25. The maximum absolute atomic E-state index is 5.86. The Hall–Kier alpha value is -1.43. The highest BCUT2D eigenvalue weighted by Crippen LogP contribution is 2.37. The van der Waals surface area contributed by atoms with Crippen molar-refractivity contribution in [3.8, 4) is 5.75 Å². The number of nitrogens with two attached hydrogens (primary N) is 1. The largest absolute Gasteiger partial charge is 0.493 e. The van der Waals surface area contributed by atoms with Crippen LogP contribution in [0.2, 0.25) is 0 Å². The van der Waals surface area contributed by atoms with Crippen molar-refractivity contribution in [1.29, 1.82) is 0 Å². The molecule has 1 aromatic heterocycles. The van der Waals surface area contributed by atoms with Gasteiger partial charge in [-0.15, -0.1) is 11.3 Å². The van der Waals surface area contributed by atoms with Crippen molar-refractivity contribution in [3.63, 3.8) is 0 Å². The predicted octanol–water partition coefficient (Wildman–Crippen LogP) is 2.33. The summed E-state index contributed by atoms with van der Waals surface area (Å²) in [5, 5.41) is 0. The van der Waals surface area contributed by atoms with E-state index in [2.05, 4.69) is 28.6 Å². The number of nitrogens with one attached hydrogen (secondary N) is 1. The van der Waals surface area contributed by atoms with Crippen LogP contribution >= 0.6 is 11.3 Å². The number of nitrogens with zero attached hydrogens (tertiary/aromatic N) is 1. The fourth-order valence-electron chi connectivity index (χ4n) is 2.54. The number of aromatic nitrogens is 1. The highest BCUT2D eigenvalue weighted by atomic mass is 32.1. The van der Waals surface area contributed by atoms with Crippen molar-refractivity contribution in [1.82, 2.24) is 10.4 Å². The van der Waals surface area contributed by atoms with Crippen molar-refractivity contribution in [2.75, 3.05) is 6.61 Å². The highest BCUT2D eigenvalue weighted by molar-refractivity contribution is 7.09. The van der Waals surface area contributed by atoms with Gasteiger partial charge in [0.25, 0.3) is 0 Å². The second-order valence-corrected chi connectivity index (χ2v) is 5.58. The molecule has 0 saturated carbocycles. The molecule has 1 aliphatic heterocycles. The van der Waals surface area contributed by atoms with Crippen LogP contribution in [0.1, 0.15) is 34.2 Å². The number of hydrazine groups is 1. The average molecular weight is 275 g/mol. The Morgan fingerprint density at radius 2 is 2.37 bits per heavy atom. The lowest BCUT2D eigenvalue weighted by atomic mass is 9.97. The molecule has 100 valence electrons. The molecule has 5 heteroatoms. The fraction of sp³-hybridized carbons (Fsp3) is 0.357. The molecule has 3 N–H and O–H groups in total. The zero-order valence-electron chi connectivity index (χ0n) is 10.8. The summed E-state index contributed by atoms with van der Waals surface area (Å²) in [5.41, 5.74) is 8.14. The van der Waals surface area contributed by atoms with Crippen molar-refractivity contribution >= 4 is 11.3 Å². The number of rotatable bonds is 3. The van der Waals surface area contributed by atoms with Crippen LogP contribution in [0.15, 0.2) is 23.7 Å². The second kappa shape index (κ2) is 5.28. The van der Waals surface area contributed by atoms with Gasteiger partial charge in [0, 0.05) is 5.56 Å². The van der Waals surface area contributed by atoms with E-state index in [4.69, 9.17) is 10.6 Å². The van der Waals surface area contributed by atoms with Crippen LogP contribution in [0.5, 0.6) is 5.75 Å². The Morgan fingerprint density at radius 3 is 3.11 bits per heavy atom. The van der Waals surface area contributed by atoms with Gasteiger partial charge in [0.05, 0.1) is 28.7 Å². The average Bonchev–Trinajstić information content (AvgIpc) is 2.86. The number of hydrogen-bond donors (Lipinski definition) is 2. The van der Waals surface area contributed by atoms with Gasteiger partial charge in [0.2, 0.25) is 0 Å².